The molecule has 4 aromatic heterocycles. The zero-order valence-electron chi connectivity index (χ0n) is 17.3. The second-order valence-electron chi connectivity index (χ2n) is 7.24. The van der Waals surface area contributed by atoms with Gasteiger partial charge in [0.05, 0.1) is 23.3 Å². The Morgan fingerprint density at radius 1 is 1.22 bits per heavy atom. The van der Waals surface area contributed by atoms with Crippen LogP contribution in [0.2, 0.25) is 0 Å². The highest BCUT2D eigenvalue weighted by atomic mass is 16.8. The molecule has 0 aromatic carbocycles. The number of oxazole rings is 1. The van der Waals surface area contributed by atoms with Gasteiger partial charge in [0.2, 0.25) is 11.7 Å². The first-order chi connectivity index (χ1) is 15.7. The van der Waals surface area contributed by atoms with E-state index in [4.69, 9.17) is 14.0 Å². The van der Waals surface area contributed by atoms with Crippen LogP contribution in [0, 0.1) is 6.92 Å². The number of aryl methyl sites for hydroxylation is 1. The molecule has 0 bridgehead atoms. The summed E-state index contributed by atoms with van der Waals surface area (Å²) < 4.78 is 12.8. The number of imidazole rings is 1. The second kappa shape index (κ2) is 8.73. The van der Waals surface area contributed by atoms with Gasteiger partial charge in [-0.05, 0) is 38.0 Å². The summed E-state index contributed by atoms with van der Waals surface area (Å²) in [5.41, 5.74) is 5.55. The van der Waals surface area contributed by atoms with Gasteiger partial charge in [-0.1, -0.05) is 6.07 Å². The number of aromatic nitrogens is 5. The quantitative estimate of drug-likeness (QED) is 0.439. The van der Waals surface area contributed by atoms with Crippen molar-refractivity contribution in [3.05, 3.63) is 54.3 Å². The Morgan fingerprint density at radius 2 is 2.16 bits per heavy atom. The largest absolute Gasteiger partial charge is 0.418 e. The van der Waals surface area contributed by atoms with Crippen LogP contribution in [0.25, 0.3) is 17.0 Å². The summed E-state index contributed by atoms with van der Waals surface area (Å²) in [5.74, 6) is -0.304. The maximum atomic E-state index is 12.2. The molecule has 1 atom stereocenters. The lowest BCUT2D eigenvalue weighted by Gasteiger charge is -2.21. The fourth-order valence-corrected chi connectivity index (χ4v) is 3.48. The van der Waals surface area contributed by atoms with E-state index in [9.17, 15) is 4.79 Å². The van der Waals surface area contributed by atoms with Gasteiger partial charge in [-0.2, -0.15) is 0 Å². The Kier molecular flexibility index (Phi) is 5.48. The standard InChI is InChI=1S/C21H21N7O4/c1-13-18(28-10-4-2-6-16(28)24-13)14-8-9-22-20(25-14)26-21-23-12-15(31-21)19(29)27-32-17-7-3-5-11-30-17/h2,4,6,8-10,12,17H,3,5,7,11H2,1H3,(H,27,29)(H,22,23,25,26). The Labute approximate surface area is 182 Å². The van der Waals surface area contributed by atoms with E-state index in [1.165, 1.54) is 6.20 Å². The van der Waals surface area contributed by atoms with Crippen LogP contribution in [0.15, 0.2) is 47.3 Å². The number of carbonyl (C=O) groups excluding carboxylic acids is 1. The summed E-state index contributed by atoms with van der Waals surface area (Å²) in [6.07, 6.45) is 7.10. The molecule has 1 aliphatic rings. The van der Waals surface area contributed by atoms with Crippen LogP contribution in [0.1, 0.15) is 35.5 Å². The number of nitrogens with zero attached hydrogens (tertiary/aromatic N) is 5. The van der Waals surface area contributed by atoms with Crippen LogP contribution >= 0.6 is 0 Å². The number of ether oxygens (including phenoxy) is 1. The highest BCUT2D eigenvalue weighted by Crippen LogP contribution is 2.24. The lowest BCUT2D eigenvalue weighted by atomic mass is 10.2. The normalized spacial score (nSPS) is 16.2. The smallest absolute Gasteiger partial charge is 0.312 e. The molecule has 1 aliphatic heterocycles. The molecule has 11 heteroatoms. The molecule has 4 aromatic rings. The summed E-state index contributed by atoms with van der Waals surface area (Å²) in [6, 6.07) is 7.67. The van der Waals surface area contributed by atoms with E-state index in [0.717, 1.165) is 36.3 Å². The summed E-state index contributed by atoms with van der Waals surface area (Å²) in [6.45, 7) is 2.54. The maximum absolute atomic E-state index is 12.2. The summed E-state index contributed by atoms with van der Waals surface area (Å²) in [4.78, 5) is 34.9. The van der Waals surface area contributed by atoms with Crippen molar-refractivity contribution < 1.29 is 18.8 Å². The topological polar surface area (TPSA) is 129 Å². The van der Waals surface area contributed by atoms with Crippen molar-refractivity contribution in [3.63, 3.8) is 0 Å². The maximum Gasteiger partial charge on any atom is 0.312 e. The molecule has 1 fully saturated rings. The number of rotatable bonds is 6. The molecule has 11 nitrogen and oxygen atoms in total. The van der Waals surface area contributed by atoms with E-state index < -0.39 is 12.2 Å². The Hall–Kier alpha value is -3.83. The summed E-state index contributed by atoms with van der Waals surface area (Å²) in [5, 5.41) is 2.88. The molecule has 1 saturated heterocycles. The van der Waals surface area contributed by atoms with Gasteiger partial charge >= 0.3 is 11.9 Å². The third-order valence-corrected chi connectivity index (χ3v) is 4.97. The fourth-order valence-electron chi connectivity index (χ4n) is 3.48. The van der Waals surface area contributed by atoms with Gasteiger partial charge in [-0.15, -0.1) is 0 Å². The molecular formula is C21H21N7O4. The van der Waals surface area contributed by atoms with Gasteiger partial charge in [0, 0.05) is 25.4 Å². The van der Waals surface area contributed by atoms with Crippen molar-refractivity contribution in [2.75, 3.05) is 11.9 Å². The molecule has 1 unspecified atom stereocenters. The van der Waals surface area contributed by atoms with Gasteiger partial charge in [0.25, 0.3) is 0 Å². The SMILES string of the molecule is Cc1nc2ccccn2c1-c1ccnc(Nc2ncc(C(=O)NOC3CCCCO3)o2)n1. The van der Waals surface area contributed by atoms with Crippen molar-refractivity contribution in [1.82, 2.24) is 29.8 Å². The van der Waals surface area contributed by atoms with Crippen molar-refractivity contribution >= 4 is 23.5 Å². The van der Waals surface area contributed by atoms with Gasteiger partial charge in [-0.25, -0.2) is 30.3 Å². The number of hydrogen-bond donors (Lipinski definition) is 2. The number of hydrogen-bond acceptors (Lipinski definition) is 9. The third kappa shape index (κ3) is 4.15. The molecule has 0 saturated carbocycles. The number of anilines is 2. The van der Waals surface area contributed by atoms with E-state index in [1.54, 1.807) is 12.3 Å². The van der Waals surface area contributed by atoms with Crippen LogP contribution in [-0.2, 0) is 9.57 Å². The Balaban J connectivity index is 1.29. The third-order valence-electron chi connectivity index (χ3n) is 4.97. The van der Waals surface area contributed by atoms with Gasteiger partial charge in [0.15, 0.2) is 6.29 Å². The van der Waals surface area contributed by atoms with Crippen LogP contribution in [0.5, 0.6) is 0 Å². The lowest BCUT2D eigenvalue weighted by Crippen LogP contribution is -2.32. The van der Waals surface area contributed by atoms with E-state index in [0.29, 0.717) is 12.3 Å². The molecule has 0 radical (unpaired) electrons. The number of carbonyl (C=O) groups is 1. The number of pyridine rings is 1. The predicted octanol–water partition coefficient (Wildman–Crippen LogP) is 3.02. The van der Waals surface area contributed by atoms with E-state index >= 15 is 0 Å². The molecule has 0 aliphatic carbocycles. The molecule has 5 heterocycles. The van der Waals surface area contributed by atoms with Crippen molar-refractivity contribution in [1.29, 1.82) is 0 Å². The second-order valence-corrected chi connectivity index (χ2v) is 7.24. The van der Waals surface area contributed by atoms with Gasteiger partial charge in [0.1, 0.15) is 5.65 Å². The number of fused-ring (bicyclic) bond motifs is 1. The van der Waals surface area contributed by atoms with Crippen LogP contribution in [0.4, 0.5) is 12.0 Å². The number of amides is 1. The van der Waals surface area contributed by atoms with E-state index in [1.807, 2.05) is 35.7 Å². The Bertz CT molecular complexity index is 1250. The summed E-state index contributed by atoms with van der Waals surface area (Å²) >= 11 is 0. The minimum atomic E-state index is -0.559. The molecule has 32 heavy (non-hydrogen) atoms. The lowest BCUT2D eigenvalue weighted by molar-refractivity contribution is -0.187. The van der Waals surface area contributed by atoms with Crippen molar-refractivity contribution in [3.8, 4) is 11.4 Å². The van der Waals surface area contributed by atoms with Crippen LogP contribution in [-0.4, -0.2) is 43.1 Å². The van der Waals surface area contributed by atoms with Crippen molar-refractivity contribution in [2.45, 2.75) is 32.5 Å². The molecule has 1 amide bonds. The average Bonchev–Trinajstić information content (AvgIpc) is 3.42. The van der Waals surface area contributed by atoms with Gasteiger partial charge in [-0.3, -0.25) is 14.5 Å². The minimum absolute atomic E-state index is 0.0166. The first kappa shape index (κ1) is 20.1. The fraction of sp³-hybridized carbons (Fsp3) is 0.286. The minimum Gasteiger partial charge on any atom is -0.418 e. The summed E-state index contributed by atoms with van der Waals surface area (Å²) in [7, 11) is 0. The van der Waals surface area contributed by atoms with Gasteiger partial charge < -0.3 is 9.15 Å². The van der Waals surface area contributed by atoms with Crippen LogP contribution < -0.4 is 10.8 Å². The first-order valence-corrected chi connectivity index (χ1v) is 10.2. The number of hydroxylamine groups is 1. The predicted molar refractivity (Wildman–Crippen MR) is 113 cm³/mol. The zero-order chi connectivity index (χ0) is 21.9. The molecule has 2 N–H and O–H groups in total. The molecule has 0 spiro atoms. The zero-order valence-corrected chi connectivity index (χ0v) is 17.3. The molecular weight excluding hydrogens is 414 g/mol. The monoisotopic (exact) mass is 435 g/mol. The number of nitrogens with one attached hydrogen (secondary N) is 2. The average molecular weight is 435 g/mol. The van der Waals surface area contributed by atoms with E-state index in [-0.39, 0.29) is 17.7 Å². The first-order valence-electron chi connectivity index (χ1n) is 10.2. The molecule has 164 valence electrons. The molecule has 5 rings (SSSR count). The highest BCUT2D eigenvalue weighted by molar-refractivity contribution is 5.90. The highest BCUT2D eigenvalue weighted by Gasteiger charge is 2.19. The Morgan fingerprint density at radius 3 is 3.03 bits per heavy atom. The van der Waals surface area contributed by atoms with E-state index in [2.05, 4.69) is 30.7 Å². The van der Waals surface area contributed by atoms with Crippen LogP contribution in [0.3, 0.4) is 0 Å². The van der Waals surface area contributed by atoms with Crippen molar-refractivity contribution in [2.24, 2.45) is 0 Å².